The van der Waals surface area contributed by atoms with Gasteiger partial charge >= 0.3 is 0 Å². The van der Waals surface area contributed by atoms with Gasteiger partial charge in [0.1, 0.15) is 11.2 Å². The largest absolute Gasteiger partial charge is 0.456 e. The van der Waals surface area contributed by atoms with Crippen molar-refractivity contribution in [2.75, 3.05) is 0 Å². The molecule has 0 saturated heterocycles. The van der Waals surface area contributed by atoms with Crippen LogP contribution in [-0.2, 0) is 0 Å². The summed E-state index contributed by atoms with van der Waals surface area (Å²) >= 11 is 0. The van der Waals surface area contributed by atoms with Gasteiger partial charge < -0.3 is 4.42 Å². The molecule has 0 fully saturated rings. The van der Waals surface area contributed by atoms with Crippen molar-refractivity contribution in [2.24, 2.45) is 0 Å². The summed E-state index contributed by atoms with van der Waals surface area (Å²) in [5.74, 6) is 0. The van der Waals surface area contributed by atoms with Crippen LogP contribution in [0.3, 0.4) is 0 Å². The normalized spacial score (nSPS) is 11.5. The number of fused-ring (bicyclic) bond motifs is 4. The van der Waals surface area contributed by atoms with Gasteiger partial charge in [-0.05, 0) is 46.5 Å². The van der Waals surface area contributed by atoms with E-state index in [9.17, 15) is 0 Å². The van der Waals surface area contributed by atoms with Crippen LogP contribution in [-0.4, -0.2) is 0 Å². The summed E-state index contributed by atoms with van der Waals surface area (Å²) in [7, 11) is 0. The first-order valence-electron chi connectivity index (χ1n) is 8.22. The fourth-order valence-corrected chi connectivity index (χ4v) is 3.74. The number of aryl methyl sites for hydroxylation is 1. The van der Waals surface area contributed by atoms with E-state index in [2.05, 4.69) is 73.7 Å². The number of rotatable bonds is 1. The van der Waals surface area contributed by atoms with Crippen LogP contribution in [0.25, 0.3) is 43.8 Å². The second-order valence-electron chi connectivity index (χ2n) is 6.24. The molecule has 1 heterocycles. The lowest BCUT2D eigenvalue weighted by Crippen LogP contribution is -1.86. The molecule has 114 valence electrons. The van der Waals surface area contributed by atoms with E-state index < -0.39 is 0 Å². The lowest BCUT2D eigenvalue weighted by molar-refractivity contribution is 0.669. The average Bonchev–Trinajstić information content (AvgIpc) is 3.01. The van der Waals surface area contributed by atoms with Crippen molar-refractivity contribution in [3.63, 3.8) is 0 Å². The number of furan rings is 1. The highest BCUT2D eigenvalue weighted by Crippen LogP contribution is 2.38. The Labute approximate surface area is 140 Å². The highest BCUT2D eigenvalue weighted by atomic mass is 16.3. The van der Waals surface area contributed by atoms with E-state index >= 15 is 0 Å². The average molecular weight is 308 g/mol. The van der Waals surface area contributed by atoms with Crippen LogP contribution in [0.1, 0.15) is 5.56 Å². The van der Waals surface area contributed by atoms with Crippen molar-refractivity contribution in [1.29, 1.82) is 0 Å². The van der Waals surface area contributed by atoms with Crippen molar-refractivity contribution in [3.8, 4) is 11.1 Å². The Morgan fingerprint density at radius 1 is 0.583 bits per heavy atom. The Kier molecular flexibility index (Phi) is 2.77. The molecule has 0 aliphatic rings. The van der Waals surface area contributed by atoms with Gasteiger partial charge in [0.25, 0.3) is 0 Å². The van der Waals surface area contributed by atoms with Gasteiger partial charge in [-0.2, -0.15) is 0 Å². The third-order valence-electron chi connectivity index (χ3n) is 4.88. The molecule has 0 bridgehead atoms. The summed E-state index contributed by atoms with van der Waals surface area (Å²) in [5, 5.41) is 4.96. The van der Waals surface area contributed by atoms with E-state index in [0.29, 0.717) is 0 Å². The molecule has 0 aliphatic carbocycles. The molecule has 0 amide bonds. The smallest absolute Gasteiger partial charge is 0.135 e. The van der Waals surface area contributed by atoms with Crippen LogP contribution in [0.2, 0.25) is 0 Å². The first-order chi connectivity index (χ1) is 11.8. The zero-order valence-electron chi connectivity index (χ0n) is 13.4. The Bertz CT molecular complexity index is 1210. The first kappa shape index (κ1) is 13.4. The maximum Gasteiger partial charge on any atom is 0.135 e. The van der Waals surface area contributed by atoms with Crippen molar-refractivity contribution in [3.05, 3.63) is 84.4 Å². The monoisotopic (exact) mass is 308 g/mol. The predicted octanol–water partition coefficient (Wildman–Crippen LogP) is 6.71. The lowest BCUT2D eigenvalue weighted by Gasteiger charge is -2.10. The Morgan fingerprint density at radius 2 is 1.33 bits per heavy atom. The minimum absolute atomic E-state index is 0.950. The molecule has 0 N–H and O–H groups in total. The molecule has 1 heteroatoms. The van der Waals surface area contributed by atoms with E-state index in [1.165, 1.54) is 38.2 Å². The Balaban J connectivity index is 1.90. The van der Waals surface area contributed by atoms with Crippen LogP contribution in [0.4, 0.5) is 0 Å². The summed E-state index contributed by atoms with van der Waals surface area (Å²) in [6, 6.07) is 27.6. The molecule has 0 saturated carbocycles. The molecule has 0 atom stereocenters. The maximum atomic E-state index is 6.01. The predicted molar refractivity (Wildman–Crippen MR) is 101 cm³/mol. The van der Waals surface area contributed by atoms with Gasteiger partial charge in [0.15, 0.2) is 0 Å². The second kappa shape index (κ2) is 4.97. The van der Waals surface area contributed by atoms with E-state index in [-0.39, 0.29) is 0 Å². The summed E-state index contributed by atoms with van der Waals surface area (Å²) in [6.45, 7) is 2.20. The van der Waals surface area contributed by atoms with Gasteiger partial charge in [0.2, 0.25) is 0 Å². The highest BCUT2D eigenvalue weighted by Gasteiger charge is 2.13. The molecule has 1 aromatic heterocycles. The minimum Gasteiger partial charge on any atom is -0.456 e. The summed E-state index contributed by atoms with van der Waals surface area (Å²) in [4.78, 5) is 0. The van der Waals surface area contributed by atoms with Crippen molar-refractivity contribution in [1.82, 2.24) is 0 Å². The summed E-state index contributed by atoms with van der Waals surface area (Å²) in [5.41, 5.74) is 5.72. The van der Waals surface area contributed by atoms with Gasteiger partial charge in [-0.25, -0.2) is 0 Å². The zero-order valence-corrected chi connectivity index (χ0v) is 13.4. The third kappa shape index (κ3) is 1.82. The minimum atomic E-state index is 0.950. The standard InChI is InChI=1S/C23H16O/c1-15-17(19-11-6-8-16-7-2-3-9-18(16)19)13-14-22-23(15)20-10-4-5-12-21(20)24-22/h2-14H,1H3. The van der Waals surface area contributed by atoms with Crippen LogP contribution in [0, 0.1) is 6.92 Å². The molecular weight excluding hydrogens is 292 g/mol. The molecule has 5 rings (SSSR count). The third-order valence-corrected chi connectivity index (χ3v) is 4.88. The zero-order chi connectivity index (χ0) is 16.1. The van der Waals surface area contributed by atoms with Gasteiger partial charge in [0, 0.05) is 10.8 Å². The Morgan fingerprint density at radius 3 is 2.25 bits per heavy atom. The van der Waals surface area contributed by atoms with Gasteiger partial charge in [0.05, 0.1) is 0 Å². The molecule has 4 aromatic carbocycles. The number of hydrogen-bond acceptors (Lipinski definition) is 1. The van der Waals surface area contributed by atoms with Crippen LogP contribution < -0.4 is 0 Å². The molecule has 0 spiro atoms. The molecular formula is C23H16O. The van der Waals surface area contributed by atoms with Gasteiger partial charge in [-0.1, -0.05) is 66.7 Å². The number of benzene rings is 4. The van der Waals surface area contributed by atoms with E-state index in [1.807, 2.05) is 12.1 Å². The summed E-state index contributed by atoms with van der Waals surface area (Å²) in [6.07, 6.45) is 0. The van der Waals surface area contributed by atoms with E-state index in [0.717, 1.165) is 11.2 Å². The highest BCUT2D eigenvalue weighted by molar-refractivity contribution is 6.10. The maximum absolute atomic E-state index is 6.01. The molecule has 24 heavy (non-hydrogen) atoms. The second-order valence-corrected chi connectivity index (χ2v) is 6.24. The molecule has 0 radical (unpaired) electrons. The molecule has 0 unspecified atom stereocenters. The fourth-order valence-electron chi connectivity index (χ4n) is 3.74. The topological polar surface area (TPSA) is 13.1 Å². The van der Waals surface area contributed by atoms with Crippen LogP contribution in [0.15, 0.2) is 83.3 Å². The number of para-hydroxylation sites is 1. The SMILES string of the molecule is Cc1c(-c2cccc3ccccc23)ccc2oc3ccccc3c12. The molecule has 1 nitrogen and oxygen atoms in total. The van der Waals surface area contributed by atoms with E-state index in [1.54, 1.807) is 0 Å². The fraction of sp³-hybridized carbons (Fsp3) is 0.0435. The van der Waals surface area contributed by atoms with Crippen molar-refractivity contribution >= 4 is 32.7 Å². The van der Waals surface area contributed by atoms with Crippen molar-refractivity contribution in [2.45, 2.75) is 6.92 Å². The van der Waals surface area contributed by atoms with Gasteiger partial charge in [-0.3, -0.25) is 0 Å². The molecule has 0 aliphatic heterocycles. The van der Waals surface area contributed by atoms with E-state index in [4.69, 9.17) is 4.42 Å². The van der Waals surface area contributed by atoms with Crippen molar-refractivity contribution < 1.29 is 4.42 Å². The Hall–Kier alpha value is -3.06. The summed E-state index contributed by atoms with van der Waals surface area (Å²) < 4.78 is 6.01. The van der Waals surface area contributed by atoms with Crippen LogP contribution >= 0.6 is 0 Å². The number of hydrogen-bond donors (Lipinski definition) is 0. The lowest BCUT2D eigenvalue weighted by atomic mass is 9.93. The van der Waals surface area contributed by atoms with Gasteiger partial charge in [-0.15, -0.1) is 0 Å². The molecule has 5 aromatic rings. The van der Waals surface area contributed by atoms with Crippen LogP contribution in [0.5, 0.6) is 0 Å². The first-order valence-corrected chi connectivity index (χ1v) is 8.22. The quantitative estimate of drug-likeness (QED) is 0.335.